The molecular weight excluding hydrogens is 377 g/mol. The predicted molar refractivity (Wildman–Crippen MR) is 107 cm³/mol. The van der Waals surface area contributed by atoms with E-state index >= 15 is 0 Å². The van der Waals surface area contributed by atoms with Crippen molar-refractivity contribution in [1.82, 2.24) is 20.4 Å². The van der Waals surface area contributed by atoms with Crippen molar-refractivity contribution in [1.29, 1.82) is 5.41 Å². The van der Waals surface area contributed by atoms with Gasteiger partial charge in [-0.1, -0.05) is 23.4 Å². The number of hydrogen-bond acceptors (Lipinski definition) is 9. The summed E-state index contributed by atoms with van der Waals surface area (Å²) in [4.78, 5) is 8.24. The summed E-state index contributed by atoms with van der Waals surface area (Å²) in [5, 5.41) is 27.0. The van der Waals surface area contributed by atoms with Crippen LogP contribution in [0.1, 0.15) is 17.1 Å². The number of nitrogen functional groups attached to an aromatic ring is 1. The first-order valence-corrected chi connectivity index (χ1v) is 8.74. The number of anilines is 2. The van der Waals surface area contributed by atoms with Crippen molar-refractivity contribution in [3.63, 3.8) is 0 Å². The van der Waals surface area contributed by atoms with Crippen LogP contribution in [0.3, 0.4) is 0 Å². The lowest BCUT2D eigenvalue weighted by Gasteiger charge is -2.11. The molecule has 3 rings (SSSR count). The molecular formula is C19H20FN7O2. The van der Waals surface area contributed by atoms with Gasteiger partial charge in [-0.25, -0.2) is 14.4 Å². The second-order valence-corrected chi connectivity index (χ2v) is 5.94. The topological polar surface area (TPSA) is 146 Å². The van der Waals surface area contributed by atoms with Gasteiger partial charge in [-0.05, 0) is 12.1 Å². The molecule has 0 amide bonds. The molecule has 10 heteroatoms. The smallest absolute Gasteiger partial charge is 0.179 e. The van der Waals surface area contributed by atoms with Crippen LogP contribution in [0.25, 0.3) is 5.70 Å². The summed E-state index contributed by atoms with van der Waals surface area (Å²) in [7, 11) is 0. The van der Waals surface area contributed by atoms with Gasteiger partial charge >= 0.3 is 0 Å². The van der Waals surface area contributed by atoms with Crippen molar-refractivity contribution < 1.29 is 14.0 Å². The summed E-state index contributed by atoms with van der Waals surface area (Å²) < 4.78 is 18.8. The molecule has 6 N–H and O–H groups in total. The van der Waals surface area contributed by atoms with Crippen molar-refractivity contribution >= 4 is 22.9 Å². The summed E-state index contributed by atoms with van der Waals surface area (Å²) in [5.41, 5.74) is 7.67. The van der Waals surface area contributed by atoms with Crippen molar-refractivity contribution in [2.45, 2.75) is 6.54 Å². The minimum absolute atomic E-state index is 0.0237. The standard InChI is InChI=1S/C19H20FN7O2/c20-13-4-2-1-3-12(13)10-24-16(15-5-8-29-27-15)9-14(21)19-25-11-17(18(22)26-19)23-6-7-28/h1-5,8-9,11,21,23-24,28H,6-7,10H2,(H2,22,25,26)/b16-9-,21-14?. The van der Waals surface area contributed by atoms with Crippen LogP contribution in [0.4, 0.5) is 15.9 Å². The number of hydrogen-bond donors (Lipinski definition) is 5. The number of aliphatic hydroxyl groups excluding tert-OH is 1. The van der Waals surface area contributed by atoms with Gasteiger partial charge in [-0.3, -0.25) is 5.41 Å². The molecule has 0 fully saturated rings. The van der Waals surface area contributed by atoms with Crippen LogP contribution in [-0.4, -0.2) is 39.1 Å². The average molecular weight is 397 g/mol. The summed E-state index contributed by atoms with van der Waals surface area (Å²) in [6.45, 7) is 0.431. The second-order valence-electron chi connectivity index (χ2n) is 5.94. The summed E-state index contributed by atoms with van der Waals surface area (Å²) in [6, 6.07) is 8.01. The predicted octanol–water partition coefficient (Wildman–Crippen LogP) is 1.79. The first-order chi connectivity index (χ1) is 14.1. The third-order valence-electron chi connectivity index (χ3n) is 3.92. The Morgan fingerprint density at radius 3 is 2.83 bits per heavy atom. The maximum Gasteiger partial charge on any atom is 0.179 e. The molecule has 3 aromatic rings. The number of rotatable bonds is 9. The minimum atomic E-state index is -0.336. The number of nitrogens with zero attached hydrogens (tertiary/aromatic N) is 3. The first-order valence-electron chi connectivity index (χ1n) is 8.74. The zero-order valence-electron chi connectivity index (χ0n) is 15.4. The molecule has 0 spiro atoms. The van der Waals surface area contributed by atoms with Gasteiger partial charge in [0.1, 0.15) is 23.5 Å². The zero-order chi connectivity index (χ0) is 20.6. The van der Waals surface area contributed by atoms with E-state index in [0.29, 0.717) is 29.2 Å². The van der Waals surface area contributed by atoms with Gasteiger partial charge in [0.15, 0.2) is 11.6 Å². The highest BCUT2D eigenvalue weighted by atomic mass is 19.1. The molecule has 0 aliphatic carbocycles. The Labute approximate surface area is 166 Å². The van der Waals surface area contributed by atoms with Gasteiger partial charge in [0.2, 0.25) is 0 Å². The van der Waals surface area contributed by atoms with E-state index < -0.39 is 0 Å². The molecule has 0 aliphatic rings. The zero-order valence-corrected chi connectivity index (χ0v) is 15.4. The normalized spacial score (nSPS) is 11.3. The van der Waals surface area contributed by atoms with Gasteiger partial charge in [-0.15, -0.1) is 0 Å². The summed E-state index contributed by atoms with van der Waals surface area (Å²) in [6.07, 6.45) is 4.31. The van der Waals surface area contributed by atoms with Crippen LogP contribution in [-0.2, 0) is 6.54 Å². The molecule has 1 aromatic carbocycles. The molecule has 29 heavy (non-hydrogen) atoms. The number of nitrogens with one attached hydrogen (secondary N) is 3. The van der Waals surface area contributed by atoms with E-state index in [1.165, 1.54) is 24.6 Å². The number of halogens is 1. The molecule has 0 unspecified atom stereocenters. The van der Waals surface area contributed by atoms with Crippen molar-refractivity contribution in [3.05, 3.63) is 71.8 Å². The van der Waals surface area contributed by atoms with E-state index in [2.05, 4.69) is 25.8 Å². The summed E-state index contributed by atoms with van der Waals surface area (Å²) >= 11 is 0. The van der Waals surface area contributed by atoms with Crippen molar-refractivity contribution in [2.75, 3.05) is 24.2 Å². The molecule has 0 bridgehead atoms. The number of nitrogens with two attached hydrogens (primary N) is 1. The third-order valence-corrected chi connectivity index (χ3v) is 3.92. The minimum Gasteiger partial charge on any atom is -0.395 e. The van der Waals surface area contributed by atoms with Crippen LogP contribution in [0.5, 0.6) is 0 Å². The second kappa shape index (κ2) is 9.42. The fraction of sp³-hybridized carbons (Fsp3) is 0.158. The summed E-state index contributed by atoms with van der Waals surface area (Å²) in [5.74, 6) is -0.0775. The van der Waals surface area contributed by atoms with E-state index in [0.717, 1.165) is 0 Å². The van der Waals surface area contributed by atoms with Crippen LogP contribution in [0.2, 0.25) is 0 Å². The van der Waals surface area contributed by atoms with E-state index in [1.54, 1.807) is 24.3 Å². The molecule has 2 heterocycles. The highest BCUT2D eigenvalue weighted by Gasteiger charge is 2.12. The van der Waals surface area contributed by atoms with E-state index in [9.17, 15) is 4.39 Å². The lowest BCUT2D eigenvalue weighted by molar-refractivity contribution is 0.311. The first kappa shape index (κ1) is 20.0. The van der Waals surface area contributed by atoms with Gasteiger partial charge in [0.25, 0.3) is 0 Å². The molecule has 0 radical (unpaired) electrons. The largest absolute Gasteiger partial charge is 0.395 e. The van der Waals surface area contributed by atoms with Crippen LogP contribution in [0, 0.1) is 11.2 Å². The fourth-order valence-electron chi connectivity index (χ4n) is 2.46. The average Bonchev–Trinajstić information content (AvgIpc) is 3.26. The van der Waals surface area contributed by atoms with E-state index in [4.69, 9.17) is 20.8 Å². The molecule has 0 saturated carbocycles. The molecule has 150 valence electrons. The molecule has 0 aliphatic heterocycles. The molecule has 9 nitrogen and oxygen atoms in total. The van der Waals surface area contributed by atoms with Gasteiger partial charge in [0, 0.05) is 24.7 Å². The Morgan fingerprint density at radius 1 is 1.31 bits per heavy atom. The SMILES string of the molecule is N=C(/C=C(\NCc1ccccc1F)c1ccon1)c1ncc(NCCO)c(N)n1. The van der Waals surface area contributed by atoms with E-state index in [-0.39, 0.29) is 36.3 Å². The number of aliphatic hydroxyl groups is 1. The Balaban J connectivity index is 1.81. The van der Waals surface area contributed by atoms with Gasteiger partial charge in [0.05, 0.1) is 24.2 Å². The fourth-order valence-corrected chi connectivity index (χ4v) is 2.46. The van der Waals surface area contributed by atoms with Crippen LogP contribution >= 0.6 is 0 Å². The Bertz CT molecular complexity index is 1010. The lowest BCUT2D eigenvalue weighted by atomic mass is 10.2. The highest BCUT2D eigenvalue weighted by molar-refractivity contribution is 6.07. The Morgan fingerprint density at radius 2 is 2.14 bits per heavy atom. The quantitative estimate of drug-likeness (QED) is 0.344. The monoisotopic (exact) mass is 397 g/mol. The maximum absolute atomic E-state index is 13.9. The van der Waals surface area contributed by atoms with Crippen LogP contribution < -0.4 is 16.4 Å². The third kappa shape index (κ3) is 5.14. The Kier molecular flexibility index (Phi) is 6.48. The van der Waals surface area contributed by atoms with Crippen LogP contribution in [0.15, 0.2) is 53.4 Å². The highest BCUT2D eigenvalue weighted by Crippen LogP contribution is 2.16. The number of aromatic nitrogens is 3. The van der Waals surface area contributed by atoms with Crippen molar-refractivity contribution in [2.24, 2.45) is 0 Å². The van der Waals surface area contributed by atoms with Gasteiger partial charge < -0.3 is 26.0 Å². The number of benzene rings is 1. The van der Waals surface area contributed by atoms with Gasteiger partial charge in [-0.2, -0.15) is 0 Å². The molecule has 2 aromatic heterocycles. The van der Waals surface area contributed by atoms with Crippen molar-refractivity contribution in [3.8, 4) is 0 Å². The Hall–Kier alpha value is -3.79. The lowest BCUT2D eigenvalue weighted by Crippen LogP contribution is -2.16. The van der Waals surface area contributed by atoms with E-state index in [1.807, 2.05) is 0 Å². The number of allylic oxidation sites excluding steroid dienone is 1. The molecule has 0 saturated heterocycles. The maximum atomic E-state index is 13.9. The molecule has 0 atom stereocenters.